The molecule has 1 heteroatoms. The van der Waals surface area contributed by atoms with E-state index in [1.807, 2.05) is 13.8 Å². The Kier molecular flexibility index (Phi) is 2.71. The summed E-state index contributed by atoms with van der Waals surface area (Å²) in [5.41, 5.74) is 1.09. The minimum absolute atomic E-state index is 0.0305. The van der Waals surface area contributed by atoms with E-state index in [-0.39, 0.29) is 5.41 Å². The molecule has 0 N–H and O–H groups in total. The van der Waals surface area contributed by atoms with Gasteiger partial charge in [-0.3, -0.25) is 4.79 Å². The average molecular weight is 166 g/mol. The van der Waals surface area contributed by atoms with E-state index < -0.39 is 0 Å². The molecule has 0 amide bonds. The molecule has 1 nitrogen and oxygen atoms in total. The molecular formula is C11H18O. The maximum Gasteiger partial charge on any atom is 0.161 e. The van der Waals surface area contributed by atoms with Crippen molar-refractivity contribution in [3.8, 4) is 0 Å². The van der Waals surface area contributed by atoms with E-state index in [4.69, 9.17) is 0 Å². The third-order valence-electron chi connectivity index (χ3n) is 2.72. The van der Waals surface area contributed by atoms with Crippen LogP contribution in [0.2, 0.25) is 0 Å². The summed E-state index contributed by atoms with van der Waals surface area (Å²) in [5, 5.41) is 0. The van der Waals surface area contributed by atoms with Crippen LogP contribution in [0.1, 0.15) is 46.5 Å². The first-order chi connectivity index (χ1) is 5.54. The van der Waals surface area contributed by atoms with Crippen LogP contribution >= 0.6 is 0 Å². The van der Waals surface area contributed by atoms with E-state index in [1.54, 1.807) is 6.08 Å². The quantitative estimate of drug-likeness (QED) is 0.576. The van der Waals surface area contributed by atoms with Gasteiger partial charge in [-0.2, -0.15) is 0 Å². The van der Waals surface area contributed by atoms with Gasteiger partial charge in [-0.15, -0.1) is 0 Å². The van der Waals surface area contributed by atoms with Crippen LogP contribution in [0.4, 0.5) is 0 Å². The Bertz CT molecular complexity index is 203. The molecule has 12 heavy (non-hydrogen) atoms. The lowest BCUT2D eigenvalue weighted by Gasteiger charge is -2.19. The molecule has 0 saturated heterocycles. The normalized spacial score (nSPS) is 20.6. The summed E-state index contributed by atoms with van der Waals surface area (Å²) >= 11 is 0. The summed E-state index contributed by atoms with van der Waals surface area (Å²) in [5.74, 6) is 0.333. The van der Waals surface area contributed by atoms with Crippen molar-refractivity contribution in [3.63, 3.8) is 0 Å². The van der Waals surface area contributed by atoms with Crippen LogP contribution in [-0.4, -0.2) is 5.78 Å². The van der Waals surface area contributed by atoms with Gasteiger partial charge in [0.15, 0.2) is 5.78 Å². The van der Waals surface area contributed by atoms with Crippen LogP contribution in [0, 0.1) is 5.41 Å². The molecule has 0 unspecified atom stereocenters. The molecule has 1 aliphatic carbocycles. The highest BCUT2D eigenvalue weighted by atomic mass is 16.1. The Morgan fingerprint density at radius 2 is 1.75 bits per heavy atom. The minimum Gasteiger partial charge on any atom is -0.294 e. The van der Waals surface area contributed by atoms with E-state index >= 15 is 0 Å². The molecule has 0 heterocycles. The largest absolute Gasteiger partial charge is 0.294 e. The molecule has 0 aromatic carbocycles. The maximum absolute atomic E-state index is 11.7. The SMILES string of the molecule is CC(C)=CC(=O)C1(C)CCCC1. The van der Waals surface area contributed by atoms with Gasteiger partial charge in [0.1, 0.15) is 0 Å². The van der Waals surface area contributed by atoms with Gasteiger partial charge in [0.2, 0.25) is 0 Å². The number of hydrogen-bond donors (Lipinski definition) is 0. The lowest BCUT2D eigenvalue weighted by atomic mass is 9.83. The van der Waals surface area contributed by atoms with Crippen LogP contribution in [0.25, 0.3) is 0 Å². The molecule has 0 aliphatic heterocycles. The fourth-order valence-corrected chi connectivity index (χ4v) is 1.84. The standard InChI is InChI=1S/C11H18O/c1-9(2)8-10(12)11(3)6-4-5-7-11/h8H,4-7H2,1-3H3. The van der Waals surface area contributed by atoms with Gasteiger partial charge >= 0.3 is 0 Å². The molecule has 0 atom stereocenters. The molecule has 0 radical (unpaired) electrons. The van der Waals surface area contributed by atoms with Crippen LogP contribution in [0.5, 0.6) is 0 Å². The van der Waals surface area contributed by atoms with E-state index in [1.165, 1.54) is 12.8 Å². The fourth-order valence-electron chi connectivity index (χ4n) is 1.84. The van der Waals surface area contributed by atoms with Gasteiger partial charge in [-0.05, 0) is 32.8 Å². The molecule has 1 saturated carbocycles. The van der Waals surface area contributed by atoms with Crippen molar-refractivity contribution in [1.82, 2.24) is 0 Å². The Hall–Kier alpha value is -0.590. The molecule has 68 valence electrons. The zero-order valence-corrected chi connectivity index (χ0v) is 8.31. The Morgan fingerprint density at radius 3 is 2.17 bits per heavy atom. The summed E-state index contributed by atoms with van der Waals surface area (Å²) in [6.07, 6.45) is 6.40. The molecule has 1 fully saturated rings. The average Bonchev–Trinajstić information content (AvgIpc) is 2.36. The van der Waals surface area contributed by atoms with Gasteiger partial charge in [0, 0.05) is 5.41 Å². The highest BCUT2D eigenvalue weighted by Crippen LogP contribution is 2.38. The van der Waals surface area contributed by atoms with E-state index in [0.29, 0.717) is 5.78 Å². The minimum atomic E-state index is -0.0305. The summed E-state index contributed by atoms with van der Waals surface area (Å²) in [7, 11) is 0. The van der Waals surface area contributed by atoms with Crippen molar-refractivity contribution >= 4 is 5.78 Å². The molecule has 0 bridgehead atoms. The van der Waals surface area contributed by atoms with Crippen LogP contribution < -0.4 is 0 Å². The molecule has 0 aromatic rings. The van der Waals surface area contributed by atoms with E-state index in [9.17, 15) is 4.79 Å². The van der Waals surface area contributed by atoms with Gasteiger partial charge < -0.3 is 0 Å². The smallest absolute Gasteiger partial charge is 0.161 e. The number of hydrogen-bond acceptors (Lipinski definition) is 1. The third-order valence-corrected chi connectivity index (χ3v) is 2.72. The zero-order valence-electron chi connectivity index (χ0n) is 8.31. The first-order valence-corrected chi connectivity index (χ1v) is 4.74. The maximum atomic E-state index is 11.7. The second kappa shape index (κ2) is 3.42. The van der Waals surface area contributed by atoms with Gasteiger partial charge in [0.25, 0.3) is 0 Å². The van der Waals surface area contributed by atoms with E-state index in [0.717, 1.165) is 18.4 Å². The highest BCUT2D eigenvalue weighted by molar-refractivity contribution is 5.95. The molecular weight excluding hydrogens is 148 g/mol. The molecule has 1 rings (SSSR count). The van der Waals surface area contributed by atoms with E-state index in [2.05, 4.69) is 6.92 Å². The monoisotopic (exact) mass is 166 g/mol. The first-order valence-electron chi connectivity index (χ1n) is 4.74. The molecule has 0 spiro atoms. The number of rotatable bonds is 2. The second-order valence-corrected chi connectivity index (χ2v) is 4.35. The third kappa shape index (κ3) is 1.96. The predicted molar refractivity (Wildman–Crippen MR) is 51.0 cm³/mol. The van der Waals surface area contributed by atoms with Crippen molar-refractivity contribution in [1.29, 1.82) is 0 Å². The van der Waals surface area contributed by atoms with Crippen LogP contribution in [0.3, 0.4) is 0 Å². The van der Waals surface area contributed by atoms with Gasteiger partial charge in [-0.25, -0.2) is 0 Å². The number of carbonyl (C=O) groups excluding carboxylic acids is 1. The Labute approximate surface area is 74.9 Å². The predicted octanol–water partition coefficient (Wildman–Crippen LogP) is 3.10. The fraction of sp³-hybridized carbons (Fsp3) is 0.727. The van der Waals surface area contributed by atoms with Crippen LogP contribution in [-0.2, 0) is 4.79 Å². The summed E-state index contributed by atoms with van der Waals surface area (Å²) in [4.78, 5) is 11.7. The second-order valence-electron chi connectivity index (χ2n) is 4.35. The number of ketones is 1. The Balaban J connectivity index is 2.68. The van der Waals surface area contributed by atoms with Crippen molar-refractivity contribution in [2.24, 2.45) is 5.41 Å². The van der Waals surface area contributed by atoms with Crippen molar-refractivity contribution in [3.05, 3.63) is 11.6 Å². The van der Waals surface area contributed by atoms with Crippen molar-refractivity contribution < 1.29 is 4.79 Å². The lowest BCUT2D eigenvalue weighted by molar-refractivity contribution is -0.122. The first kappa shape index (κ1) is 9.50. The lowest BCUT2D eigenvalue weighted by Crippen LogP contribution is -2.22. The zero-order chi connectivity index (χ0) is 9.19. The summed E-state index contributed by atoms with van der Waals surface area (Å²) in [6, 6.07) is 0. The molecule has 0 aromatic heterocycles. The number of carbonyl (C=O) groups is 1. The topological polar surface area (TPSA) is 17.1 Å². The summed E-state index contributed by atoms with van der Waals surface area (Å²) in [6.45, 7) is 6.06. The van der Waals surface area contributed by atoms with Crippen molar-refractivity contribution in [2.75, 3.05) is 0 Å². The molecule has 1 aliphatic rings. The van der Waals surface area contributed by atoms with Gasteiger partial charge in [0.05, 0.1) is 0 Å². The van der Waals surface area contributed by atoms with Gasteiger partial charge in [-0.1, -0.05) is 25.3 Å². The van der Waals surface area contributed by atoms with Crippen LogP contribution in [0.15, 0.2) is 11.6 Å². The Morgan fingerprint density at radius 1 is 1.25 bits per heavy atom. The van der Waals surface area contributed by atoms with Crippen molar-refractivity contribution in [2.45, 2.75) is 46.5 Å². The summed E-state index contributed by atoms with van der Waals surface area (Å²) < 4.78 is 0. The number of allylic oxidation sites excluding steroid dienone is 2. The highest BCUT2D eigenvalue weighted by Gasteiger charge is 2.34.